The molecule has 0 heterocycles. The predicted molar refractivity (Wildman–Crippen MR) is 30.5 cm³/mol. The van der Waals surface area contributed by atoms with Gasteiger partial charge in [0, 0.05) is 12.2 Å². The Balaban J connectivity index is 2.54. The van der Waals surface area contributed by atoms with E-state index in [1.807, 2.05) is 0 Å². The minimum Gasteiger partial charge on any atom is -0.120 e. The number of hydrogen-bond donors (Lipinski definition) is 0. The molecule has 0 aliphatic rings. The van der Waals surface area contributed by atoms with E-state index in [-0.39, 0.29) is 0 Å². The van der Waals surface area contributed by atoms with Crippen LogP contribution in [0.2, 0.25) is 0 Å². The zero-order valence-corrected chi connectivity index (χ0v) is 4.42. The van der Waals surface area contributed by atoms with E-state index >= 15 is 0 Å². The molecule has 33 valence electrons. The lowest BCUT2D eigenvalue weighted by Gasteiger charge is -1.78. The van der Waals surface area contributed by atoms with E-state index in [1.165, 1.54) is 0 Å². The monoisotopic (exact) mass is 99.0 g/mol. The highest BCUT2D eigenvalue weighted by Crippen LogP contribution is 1.86. The molecule has 0 fully saturated rings. The molecule has 1 heteroatoms. The first kappa shape index (κ1) is 5.91. The van der Waals surface area contributed by atoms with Crippen molar-refractivity contribution in [3.8, 4) is 12.3 Å². The van der Waals surface area contributed by atoms with Gasteiger partial charge in [-0.3, -0.25) is 0 Å². The third-order valence-corrected chi connectivity index (χ3v) is 0.754. The van der Waals surface area contributed by atoms with Gasteiger partial charge in [0.15, 0.2) is 0 Å². The van der Waals surface area contributed by atoms with Crippen molar-refractivity contribution in [1.29, 1.82) is 0 Å². The van der Waals surface area contributed by atoms with Crippen LogP contribution in [0.15, 0.2) is 0 Å². The van der Waals surface area contributed by atoms with Crippen molar-refractivity contribution in [2.45, 2.75) is 12.8 Å². The van der Waals surface area contributed by atoms with Crippen molar-refractivity contribution in [2.24, 2.45) is 0 Å². The molecule has 0 aromatic carbocycles. The molecule has 6 heavy (non-hydrogen) atoms. The number of unbranched alkanes of at least 4 members (excludes halogenated alkanes) is 1. The van der Waals surface area contributed by atoms with E-state index in [9.17, 15) is 0 Å². The Morgan fingerprint density at radius 2 is 2.33 bits per heavy atom. The average molecular weight is 99.2 g/mol. The lowest BCUT2D eigenvalue weighted by molar-refractivity contribution is 1.00. The first-order valence-corrected chi connectivity index (χ1v) is 2.51. The maximum Gasteiger partial charge on any atom is 0.00942 e. The smallest absolute Gasteiger partial charge is 0.00942 e. The van der Waals surface area contributed by atoms with E-state index in [4.69, 9.17) is 6.42 Å². The molecule has 0 aliphatic heterocycles. The molecule has 0 aliphatic carbocycles. The summed E-state index contributed by atoms with van der Waals surface area (Å²) >= 11 is 4.62. The van der Waals surface area contributed by atoms with Gasteiger partial charge in [0.05, 0.1) is 0 Å². The number of hydrogen-bond acceptors (Lipinski definition) is 0. The molecular formula is C5H7S. The SMILES string of the molecule is C#CCCC[S]. The Morgan fingerprint density at radius 3 is 2.50 bits per heavy atom. The Labute approximate surface area is 44.4 Å². The van der Waals surface area contributed by atoms with E-state index in [1.54, 1.807) is 0 Å². The topological polar surface area (TPSA) is 0 Å². The van der Waals surface area contributed by atoms with E-state index in [2.05, 4.69) is 18.5 Å². The third-order valence-electron chi connectivity index (χ3n) is 0.465. The molecule has 0 N–H and O–H groups in total. The Kier molecular flexibility index (Phi) is 4.84. The van der Waals surface area contributed by atoms with Crippen LogP contribution in [0.5, 0.6) is 0 Å². The summed E-state index contributed by atoms with van der Waals surface area (Å²) in [4.78, 5) is 0. The molecule has 0 unspecified atom stereocenters. The van der Waals surface area contributed by atoms with Crippen LogP contribution in [0.3, 0.4) is 0 Å². The Bertz CT molecular complexity index is 51.4. The van der Waals surface area contributed by atoms with Crippen molar-refractivity contribution < 1.29 is 0 Å². The largest absolute Gasteiger partial charge is 0.120 e. The molecule has 0 bridgehead atoms. The molecule has 0 nitrogen and oxygen atoms in total. The van der Waals surface area contributed by atoms with E-state index in [0.717, 1.165) is 18.6 Å². The second-order valence-corrected chi connectivity index (χ2v) is 1.42. The van der Waals surface area contributed by atoms with E-state index < -0.39 is 0 Å². The lowest BCUT2D eigenvalue weighted by Crippen LogP contribution is -1.68. The third kappa shape index (κ3) is 3.91. The molecule has 0 rings (SSSR count). The average Bonchev–Trinajstić information content (AvgIpc) is 1.61. The minimum atomic E-state index is 0.796. The van der Waals surface area contributed by atoms with Gasteiger partial charge in [-0.2, -0.15) is 0 Å². The molecule has 0 spiro atoms. The summed E-state index contributed by atoms with van der Waals surface area (Å²) in [5.41, 5.74) is 0. The zero-order valence-electron chi connectivity index (χ0n) is 3.61. The van der Waals surface area contributed by atoms with E-state index in [0.29, 0.717) is 0 Å². The van der Waals surface area contributed by atoms with Crippen molar-refractivity contribution in [2.75, 3.05) is 5.75 Å². The van der Waals surface area contributed by atoms with Gasteiger partial charge >= 0.3 is 0 Å². The van der Waals surface area contributed by atoms with Crippen molar-refractivity contribution >= 4 is 12.6 Å². The lowest BCUT2D eigenvalue weighted by atomic mass is 10.4. The normalized spacial score (nSPS) is 7.33. The van der Waals surface area contributed by atoms with Gasteiger partial charge in [-0.15, -0.1) is 12.3 Å². The maximum absolute atomic E-state index is 4.92. The molecule has 0 saturated carbocycles. The summed E-state index contributed by atoms with van der Waals surface area (Å²) in [5.74, 6) is 3.30. The van der Waals surface area contributed by atoms with Gasteiger partial charge in [0.25, 0.3) is 0 Å². The van der Waals surface area contributed by atoms with Crippen molar-refractivity contribution in [3.63, 3.8) is 0 Å². The summed E-state index contributed by atoms with van der Waals surface area (Å²) < 4.78 is 0. The highest BCUT2D eigenvalue weighted by Gasteiger charge is 1.73. The van der Waals surface area contributed by atoms with Crippen LogP contribution in [0.4, 0.5) is 0 Å². The number of terminal acetylenes is 1. The van der Waals surface area contributed by atoms with Gasteiger partial charge in [-0.25, -0.2) is 0 Å². The van der Waals surface area contributed by atoms with Crippen molar-refractivity contribution in [3.05, 3.63) is 0 Å². The van der Waals surface area contributed by atoms with Crippen LogP contribution < -0.4 is 0 Å². The number of rotatable bonds is 2. The van der Waals surface area contributed by atoms with Crippen LogP contribution in [-0.4, -0.2) is 5.75 Å². The van der Waals surface area contributed by atoms with Crippen LogP contribution in [0, 0.1) is 12.3 Å². The van der Waals surface area contributed by atoms with Gasteiger partial charge < -0.3 is 0 Å². The highest BCUT2D eigenvalue weighted by molar-refractivity contribution is 7.80. The van der Waals surface area contributed by atoms with Gasteiger partial charge in [0.1, 0.15) is 0 Å². The van der Waals surface area contributed by atoms with Crippen molar-refractivity contribution in [1.82, 2.24) is 0 Å². The Morgan fingerprint density at radius 1 is 1.67 bits per heavy atom. The molecule has 0 atom stereocenters. The second kappa shape index (κ2) is 4.91. The summed E-state index contributed by atoms with van der Waals surface area (Å²) in [6.07, 6.45) is 6.75. The van der Waals surface area contributed by atoms with Crippen LogP contribution >= 0.6 is 12.6 Å². The molecule has 0 aromatic rings. The first-order chi connectivity index (χ1) is 2.91. The molecule has 1 radical (unpaired) electrons. The molecular weight excluding hydrogens is 92.1 g/mol. The van der Waals surface area contributed by atoms with Gasteiger partial charge in [-0.1, -0.05) is 12.6 Å². The fourth-order valence-electron chi connectivity index (χ4n) is 0.174. The fourth-order valence-corrected chi connectivity index (χ4v) is 0.319. The van der Waals surface area contributed by atoms with Crippen LogP contribution in [0.25, 0.3) is 0 Å². The second-order valence-electron chi connectivity index (χ2n) is 1.01. The molecule has 0 aromatic heterocycles. The first-order valence-electron chi connectivity index (χ1n) is 1.93. The van der Waals surface area contributed by atoms with Crippen LogP contribution in [0.1, 0.15) is 12.8 Å². The van der Waals surface area contributed by atoms with Gasteiger partial charge in [0.2, 0.25) is 0 Å². The Hall–Kier alpha value is -0.0900. The standard InChI is InChI=1S/C5H7S/c1-2-3-4-5-6/h1H,3-5H2. The maximum atomic E-state index is 4.92. The molecule has 0 amide bonds. The van der Waals surface area contributed by atoms with Crippen LogP contribution in [-0.2, 0) is 0 Å². The van der Waals surface area contributed by atoms with Gasteiger partial charge in [-0.05, 0) is 6.42 Å². The molecule has 0 saturated heterocycles. The quantitative estimate of drug-likeness (QED) is 0.364. The fraction of sp³-hybridized carbons (Fsp3) is 0.600. The zero-order chi connectivity index (χ0) is 4.83. The predicted octanol–water partition coefficient (Wildman–Crippen LogP) is 1.60. The minimum absolute atomic E-state index is 0.796. The highest BCUT2D eigenvalue weighted by atomic mass is 32.1. The summed E-state index contributed by atoms with van der Waals surface area (Å²) in [6.45, 7) is 0. The summed E-state index contributed by atoms with van der Waals surface area (Å²) in [6, 6.07) is 0. The summed E-state index contributed by atoms with van der Waals surface area (Å²) in [7, 11) is 0. The summed E-state index contributed by atoms with van der Waals surface area (Å²) in [5, 5.41) is 0.